The van der Waals surface area contributed by atoms with E-state index in [2.05, 4.69) is 15.5 Å². The number of anilines is 1. The van der Waals surface area contributed by atoms with Crippen molar-refractivity contribution in [2.24, 2.45) is 0 Å². The molecule has 3 aromatic rings. The van der Waals surface area contributed by atoms with Gasteiger partial charge in [-0.2, -0.15) is 5.10 Å². The van der Waals surface area contributed by atoms with E-state index in [4.69, 9.17) is 11.6 Å². The Hall–Kier alpha value is -3.05. The second-order valence-electron chi connectivity index (χ2n) is 5.40. The minimum absolute atomic E-state index is 0.252. The second-order valence-corrected chi connectivity index (χ2v) is 5.83. The Bertz CT molecular complexity index is 922. The second kappa shape index (κ2) is 7.23. The number of hydrogen-bond acceptors (Lipinski definition) is 4. The minimum atomic E-state index is -0.420. The van der Waals surface area contributed by atoms with Gasteiger partial charge in [0.15, 0.2) is 11.6 Å². The van der Waals surface area contributed by atoms with Gasteiger partial charge in [0.05, 0.1) is 11.3 Å². The zero-order valence-electron chi connectivity index (χ0n) is 13.4. The van der Waals surface area contributed by atoms with Crippen LogP contribution in [-0.2, 0) is 0 Å². The van der Waals surface area contributed by atoms with E-state index >= 15 is 0 Å². The molecule has 1 heterocycles. The van der Waals surface area contributed by atoms with Crippen LogP contribution in [0.25, 0.3) is 0 Å². The summed E-state index contributed by atoms with van der Waals surface area (Å²) in [6.07, 6.45) is 0. The van der Waals surface area contributed by atoms with E-state index < -0.39 is 5.91 Å². The molecule has 5 nitrogen and oxygen atoms in total. The molecule has 25 heavy (non-hydrogen) atoms. The van der Waals surface area contributed by atoms with Crippen molar-refractivity contribution in [3.8, 4) is 0 Å². The molecule has 0 fully saturated rings. The molecule has 0 radical (unpaired) electrons. The van der Waals surface area contributed by atoms with Gasteiger partial charge in [-0.3, -0.25) is 9.59 Å². The van der Waals surface area contributed by atoms with Crippen LogP contribution in [0.15, 0.2) is 60.7 Å². The molecule has 2 aromatic carbocycles. The zero-order chi connectivity index (χ0) is 17.8. The number of nitrogens with one attached hydrogen (secondary N) is 1. The van der Waals surface area contributed by atoms with E-state index in [1.54, 1.807) is 67.6 Å². The largest absolute Gasteiger partial charge is 0.305 e. The SMILES string of the molecule is Cc1ccc(NC(=O)c2ccccc2C(=O)c2ccc(Cl)cc2)nn1. The van der Waals surface area contributed by atoms with E-state index in [0.29, 0.717) is 22.0 Å². The molecule has 0 aliphatic carbocycles. The number of amides is 1. The molecule has 0 spiro atoms. The van der Waals surface area contributed by atoms with Crippen LogP contribution in [0.2, 0.25) is 5.02 Å². The summed E-state index contributed by atoms with van der Waals surface area (Å²) < 4.78 is 0. The number of aromatic nitrogens is 2. The maximum atomic E-state index is 12.7. The van der Waals surface area contributed by atoms with Gasteiger partial charge < -0.3 is 5.32 Å². The van der Waals surface area contributed by atoms with Crippen molar-refractivity contribution in [2.45, 2.75) is 6.92 Å². The number of carbonyl (C=O) groups is 2. The third kappa shape index (κ3) is 3.89. The summed E-state index contributed by atoms with van der Waals surface area (Å²) >= 11 is 5.86. The van der Waals surface area contributed by atoms with Gasteiger partial charge >= 0.3 is 0 Å². The molecule has 0 aliphatic heterocycles. The highest BCUT2D eigenvalue weighted by Gasteiger charge is 2.18. The predicted molar refractivity (Wildman–Crippen MR) is 96.0 cm³/mol. The van der Waals surface area contributed by atoms with Crippen LogP contribution in [0.1, 0.15) is 32.0 Å². The Morgan fingerprint density at radius 2 is 1.56 bits per heavy atom. The highest BCUT2D eigenvalue weighted by atomic mass is 35.5. The third-order valence-electron chi connectivity index (χ3n) is 3.56. The molecule has 1 aromatic heterocycles. The average Bonchev–Trinajstić information content (AvgIpc) is 2.63. The molecule has 1 N–H and O–H groups in total. The molecule has 0 saturated heterocycles. The Morgan fingerprint density at radius 3 is 2.20 bits per heavy atom. The summed E-state index contributed by atoms with van der Waals surface area (Å²) in [6, 6.07) is 16.6. The molecule has 0 saturated carbocycles. The zero-order valence-corrected chi connectivity index (χ0v) is 14.1. The van der Waals surface area contributed by atoms with E-state index in [0.717, 1.165) is 5.69 Å². The van der Waals surface area contributed by atoms with E-state index in [1.807, 2.05) is 0 Å². The fraction of sp³-hybridized carbons (Fsp3) is 0.0526. The van der Waals surface area contributed by atoms with Gasteiger partial charge in [-0.15, -0.1) is 5.10 Å². The number of ketones is 1. The summed E-state index contributed by atoms with van der Waals surface area (Å²) in [4.78, 5) is 25.3. The lowest BCUT2D eigenvalue weighted by Gasteiger charge is -2.09. The quantitative estimate of drug-likeness (QED) is 0.723. The summed E-state index contributed by atoms with van der Waals surface area (Å²) in [5.74, 6) is -0.349. The van der Waals surface area contributed by atoms with Gasteiger partial charge in [-0.05, 0) is 49.4 Å². The van der Waals surface area contributed by atoms with Gasteiger partial charge in [-0.25, -0.2) is 0 Å². The molecular formula is C19H14ClN3O2. The van der Waals surface area contributed by atoms with Crippen LogP contribution in [0.3, 0.4) is 0 Å². The number of halogens is 1. The van der Waals surface area contributed by atoms with Gasteiger partial charge in [0.25, 0.3) is 5.91 Å². The Labute approximate surface area is 149 Å². The first-order valence-corrected chi connectivity index (χ1v) is 7.93. The number of carbonyl (C=O) groups excluding carboxylic acids is 2. The number of nitrogens with zero attached hydrogens (tertiary/aromatic N) is 2. The smallest absolute Gasteiger partial charge is 0.257 e. The normalized spacial score (nSPS) is 10.3. The molecule has 0 atom stereocenters. The van der Waals surface area contributed by atoms with Crippen LogP contribution in [0, 0.1) is 6.92 Å². The Balaban J connectivity index is 1.89. The van der Waals surface area contributed by atoms with Crippen molar-refractivity contribution in [2.75, 3.05) is 5.32 Å². The van der Waals surface area contributed by atoms with Crippen molar-refractivity contribution in [1.29, 1.82) is 0 Å². The minimum Gasteiger partial charge on any atom is -0.305 e. The predicted octanol–water partition coefficient (Wildman–Crippen LogP) is 3.92. The van der Waals surface area contributed by atoms with Gasteiger partial charge in [0.2, 0.25) is 0 Å². The summed E-state index contributed by atoms with van der Waals surface area (Å²) in [5, 5.41) is 11.0. The Morgan fingerprint density at radius 1 is 0.880 bits per heavy atom. The Kier molecular flexibility index (Phi) is 4.86. The van der Waals surface area contributed by atoms with E-state index in [-0.39, 0.29) is 11.3 Å². The van der Waals surface area contributed by atoms with Crippen molar-refractivity contribution in [3.05, 3.63) is 88.1 Å². The third-order valence-corrected chi connectivity index (χ3v) is 3.81. The fourth-order valence-corrected chi connectivity index (χ4v) is 2.41. The number of rotatable bonds is 4. The van der Waals surface area contributed by atoms with Crippen LogP contribution >= 0.6 is 11.6 Å². The topological polar surface area (TPSA) is 72.0 Å². The van der Waals surface area contributed by atoms with Gasteiger partial charge in [-0.1, -0.05) is 29.8 Å². The molecule has 6 heteroatoms. The standard InChI is InChI=1S/C19H14ClN3O2/c1-12-6-11-17(23-22-12)21-19(25)16-5-3-2-4-15(16)18(24)13-7-9-14(20)10-8-13/h2-11H,1H3,(H,21,23,25). The lowest BCUT2D eigenvalue weighted by Crippen LogP contribution is -2.17. The lowest BCUT2D eigenvalue weighted by atomic mass is 9.98. The average molecular weight is 352 g/mol. The van der Waals surface area contributed by atoms with E-state index in [1.165, 1.54) is 0 Å². The highest BCUT2D eigenvalue weighted by Crippen LogP contribution is 2.18. The van der Waals surface area contributed by atoms with Crippen LogP contribution in [-0.4, -0.2) is 21.9 Å². The summed E-state index contributed by atoms with van der Waals surface area (Å²) in [5.41, 5.74) is 1.78. The number of benzene rings is 2. The molecule has 3 rings (SSSR count). The molecule has 0 bridgehead atoms. The van der Waals surface area contributed by atoms with Crippen molar-refractivity contribution < 1.29 is 9.59 Å². The van der Waals surface area contributed by atoms with Gasteiger partial charge in [0.1, 0.15) is 0 Å². The fourth-order valence-electron chi connectivity index (χ4n) is 2.29. The maximum Gasteiger partial charge on any atom is 0.257 e. The first-order valence-electron chi connectivity index (χ1n) is 7.55. The molecule has 124 valence electrons. The van der Waals surface area contributed by atoms with Gasteiger partial charge in [0, 0.05) is 16.1 Å². The first kappa shape index (κ1) is 16.8. The van der Waals surface area contributed by atoms with Crippen molar-refractivity contribution in [1.82, 2.24) is 10.2 Å². The lowest BCUT2D eigenvalue weighted by molar-refractivity contribution is 0.0996. The van der Waals surface area contributed by atoms with Crippen LogP contribution < -0.4 is 5.32 Å². The highest BCUT2D eigenvalue weighted by molar-refractivity contribution is 6.30. The molecule has 0 aliphatic rings. The summed E-state index contributed by atoms with van der Waals surface area (Å²) in [7, 11) is 0. The molecule has 0 unspecified atom stereocenters. The molecular weight excluding hydrogens is 338 g/mol. The van der Waals surface area contributed by atoms with Crippen LogP contribution in [0.4, 0.5) is 5.82 Å². The van der Waals surface area contributed by atoms with Crippen LogP contribution in [0.5, 0.6) is 0 Å². The van der Waals surface area contributed by atoms with E-state index in [9.17, 15) is 9.59 Å². The number of hydrogen-bond donors (Lipinski definition) is 1. The maximum absolute atomic E-state index is 12.7. The molecule has 1 amide bonds. The first-order chi connectivity index (χ1) is 12.0. The summed E-state index contributed by atoms with van der Waals surface area (Å²) in [6.45, 7) is 1.80. The number of aryl methyl sites for hydroxylation is 1. The van der Waals surface area contributed by atoms with Crippen molar-refractivity contribution in [3.63, 3.8) is 0 Å². The van der Waals surface area contributed by atoms with Crippen molar-refractivity contribution >= 4 is 29.1 Å². The monoisotopic (exact) mass is 351 g/mol.